The van der Waals surface area contributed by atoms with Crippen molar-refractivity contribution >= 4 is 0 Å². The minimum Gasteiger partial charge on any atom is -0.396 e. The quantitative estimate of drug-likeness (QED) is 0.389. The van der Waals surface area contributed by atoms with Crippen LogP contribution in [0, 0.1) is 11.8 Å². The van der Waals surface area contributed by atoms with Gasteiger partial charge in [0.2, 0.25) is 0 Å². The Morgan fingerprint density at radius 1 is 0.545 bits per heavy atom. The molecule has 0 heterocycles. The lowest BCUT2D eigenvalue weighted by Crippen LogP contribution is -2.05. The van der Waals surface area contributed by atoms with E-state index in [1.54, 1.807) is 0 Å². The summed E-state index contributed by atoms with van der Waals surface area (Å²) >= 11 is 0. The summed E-state index contributed by atoms with van der Waals surface area (Å²) in [5.74, 6) is 1.14. The van der Waals surface area contributed by atoms with Gasteiger partial charge in [-0.3, -0.25) is 0 Å². The molecule has 0 aliphatic carbocycles. The van der Waals surface area contributed by atoms with Crippen LogP contribution in [0.25, 0.3) is 0 Å². The summed E-state index contributed by atoms with van der Waals surface area (Å²) in [6.07, 6.45) is 15.1. The van der Waals surface area contributed by atoms with Crippen molar-refractivity contribution in [2.24, 2.45) is 11.8 Å². The summed E-state index contributed by atoms with van der Waals surface area (Å²) in [6, 6.07) is 0. The second-order valence-corrected chi connectivity index (χ2v) is 6.64. The van der Waals surface area contributed by atoms with Crippen LogP contribution in [0.5, 0.6) is 0 Å². The molecule has 0 spiro atoms. The van der Waals surface area contributed by atoms with Crippen molar-refractivity contribution in [2.75, 3.05) is 13.2 Å². The molecule has 0 amide bonds. The molecule has 0 aliphatic rings. The number of hydrogen-bond donors (Lipinski definition) is 2. The van der Waals surface area contributed by atoms with E-state index in [0.29, 0.717) is 25.0 Å². The average molecular weight is 317 g/mol. The Hall–Kier alpha value is -0.0800. The molecule has 2 atom stereocenters. The van der Waals surface area contributed by atoms with Crippen molar-refractivity contribution in [1.82, 2.24) is 0 Å². The lowest BCUT2D eigenvalue weighted by Gasteiger charge is -2.12. The van der Waals surface area contributed by atoms with Gasteiger partial charge in [-0.25, -0.2) is 0 Å². The zero-order chi connectivity index (χ0) is 17.1. The molecule has 0 bridgehead atoms. The standard InChI is InChI=1S/C12H26O.C8H18O/c1-3-5-7-8-10-12(11-13)9-6-4-2;1-3-5-6-8(4-2)7-9/h12-13H,3-11H2,1-2H3;8-9H,3-7H2,1-2H3. The van der Waals surface area contributed by atoms with Gasteiger partial charge in [0.25, 0.3) is 0 Å². The predicted octanol–water partition coefficient (Wildman–Crippen LogP) is 5.95. The Morgan fingerprint density at radius 3 is 1.41 bits per heavy atom. The minimum absolute atomic E-state index is 0.372. The summed E-state index contributed by atoms with van der Waals surface area (Å²) in [7, 11) is 0. The van der Waals surface area contributed by atoms with Crippen LogP contribution < -0.4 is 0 Å². The molecule has 0 fully saturated rings. The van der Waals surface area contributed by atoms with Gasteiger partial charge in [-0.1, -0.05) is 85.5 Å². The molecule has 2 nitrogen and oxygen atoms in total. The first kappa shape index (κ1) is 24.2. The third-order valence-electron chi connectivity index (χ3n) is 4.49. The summed E-state index contributed by atoms with van der Waals surface area (Å²) in [4.78, 5) is 0. The Bertz CT molecular complexity index is 179. The fourth-order valence-electron chi connectivity index (χ4n) is 2.60. The Balaban J connectivity index is 0. The molecule has 0 saturated heterocycles. The molecule has 136 valence electrons. The zero-order valence-electron chi connectivity index (χ0n) is 15.9. The minimum atomic E-state index is 0.372. The summed E-state index contributed by atoms with van der Waals surface area (Å²) in [5, 5.41) is 17.9. The smallest absolute Gasteiger partial charge is 0.0459 e. The van der Waals surface area contributed by atoms with Crippen molar-refractivity contribution < 1.29 is 10.2 Å². The Morgan fingerprint density at radius 2 is 1.00 bits per heavy atom. The van der Waals surface area contributed by atoms with Gasteiger partial charge in [-0.2, -0.15) is 0 Å². The Labute approximate surface area is 140 Å². The van der Waals surface area contributed by atoms with Gasteiger partial charge in [-0.15, -0.1) is 0 Å². The van der Waals surface area contributed by atoms with E-state index in [4.69, 9.17) is 10.2 Å². The number of aliphatic hydroxyl groups excluding tert-OH is 2. The van der Waals surface area contributed by atoms with Gasteiger partial charge in [0.1, 0.15) is 0 Å². The highest BCUT2D eigenvalue weighted by Crippen LogP contribution is 2.16. The third kappa shape index (κ3) is 18.0. The molecular formula is C20H44O2. The molecule has 0 rings (SSSR count). The molecule has 2 unspecified atom stereocenters. The fourth-order valence-corrected chi connectivity index (χ4v) is 2.60. The molecule has 0 aliphatic heterocycles. The van der Waals surface area contributed by atoms with Gasteiger partial charge in [0.15, 0.2) is 0 Å². The monoisotopic (exact) mass is 316 g/mol. The lowest BCUT2D eigenvalue weighted by molar-refractivity contribution is 0.205. The van der Waals surface area contributed by atoms with Crippen molar-refractivity contribution in [2.45, 2.75) is 105 Å². The van der Waals surface area contributed by atoms with Crippen molar-refractivity contribution in [3.63, 3.8) is 0 Å². The topological polar surface area (TPSA) is 40.5 Å². The van der Waals surface area contributed by atoms with Crippen LogP contribution in [0.4, 0.5) is 0 Å². The second-order valence-electron chi connectivity index (χ2n) is 6.64. The summed E-state index contributed by atoms with van der Waals surface area (Å²) in [6.45, 7) is 9.54. The summed E-state index contributed by atoms with van der Waals surface area (Å²) < 4.78 is 0. The highest BCUT2D eigenvalue weighted by Gasteiger charge is 2.05. The maximum absolute atomic E-state index is 9.11. The van der Waals surface area contributed by atoms with Gasteiger partial charge < -0.3 is 10.2 Å². The van der Waals surface area contributed by atoms with E-state index >= 15 is 0 Å². The number of aliphatic hydroxyl groups is 2. The normalized spacial score (nSPS) is 13.4. The number of hydrogen-bond acceptors (Lipinski definition) is 2. The van der Waals surface area contributed by atoms with E-state index in [1.165, 1.54) is 70.6 Å². The van der Waals surface area contributed by atoms with Crippen LogP contribution >= 0.6 is 0 Å². The second kappa shape index (κ2) is 20.9. The largest absolute Gasteiger partial charge is 0.396 e. The third-order valence-corrected chi connectivity index (χ3v) is 4.49. The molecule has 0 radical (unpaired) electrons. The van der Waals surface area contributed by atoms with Crippen LogP contribution in [0.2, 0.25) is 0 Å². The first-order valence-corrected chi connectivity index (χ1v) is 9.91. The van der Waals surface area contributed by atoms with Gasteiger partial charge in [0, 0.05) is 13.2 Å². The van der Waals surface area contributed by atoms with Gasteiger partial charge in [0.05, 0.1) is 0 Å². The molecule has 0 aromatic rings. The number of unbranched alkanes of at least 4 members (excludes halogenated alkanes) is 5. The lowest BCUT2D eigenvalue weighted by atomic mass is 9.96. The van der Waals surface area contributed by atoms with E-state index in [1.807, 2.05) is 0 Å². The van der Waals surface area contributed by atoms with E-state index in [9.17, 15) is 0 Å². The van der Waals surface area contributed by atoms with E-state index in [-0.39, 0.29) is 0 Å². The van der Waals surface area contributed by atoms with Crippen molar-refractivity contribution in [3.05, 3.63) is 0 Å². The SMILES string of the molecule is CCCCC(CC)CO.CCCCCCC(CO)CCCC. The van der Waals surface area contributed by atoms with Gasteiger partial charge >= 0.3 is 0 Å². The van der Waals surface area contributed by atoms with Gasteiger partial charge in [-0.05, 0) is 31.1 Å². The van der Waals surface area contributed by atoms with Crippen LogP contribution in [0.15, 0.2) is 0 Å². The van der Waals surface area contributed by atoms with E-state index < -0.39 is 0 Å². The predicted molar refractivity (Wildman–Crippen MR) is 99.3 cm³/mol. The Kier molecular flexibility index (Phi) is 23.0. The molecule has 22 heavy (non-hydrogen) atoms. The first-order valence-electron chi connectivity index (χ1n) is 9.91. The molecular weight excluding hydrogens is 272 g/mol. The van der Waals surface area contributed by atoms with Crippen LogP contribution in [0.1, 0.15) is 105 Å². The maximum Gasteiger partial charge on any atom is 0.0459 e. The van der Waals surface area contributed by atoms with E-state index in [2.05, 4.69) is 27.7 Å². The van der Waals surface area contributed by atoms with Crippen LogP contribution in [-0.2, 0) is 0 Å². The van der Waals surface area contributed by atoms with Crippen LogP contribution in [-0.4, -0.2) is 23.4 Å². The molecule has 0 aromatic heterocycles. The van der Waals surface area contributed by atoms with Crippen molar-refractivity contribution in [1.29, 1.82) is 0 Å². The zero-order valence-corrected chi connectivity index (χ0v) is 15.9. The highest BCUT2D eigenvalue weighted by atomic mass is 16.3. The molecule has 0 saturated carbocycles. The van der Waals surface area contributed by atoms with E-state index in [0.717, 1.165) is 6.42 Å². The maximum atomic E-state index is 9.11. The van der Waals surface area contributed by atoms with Crippen molar-refractivity contribution in [3.8, 4) is 0 Å². The number of rotatable bonds is 14. The highest BCUT2D eigenvalue weighted by molar-refractivity contribution is 4.58. The average Bonchev–Trinajstić information content (AvgIpc) is 2.56. The van der Waals surface area contributed by atoms with Crippen LogP contribution in [0.3, 0.4) is 0 Å². The molecule has 2 N–H and O–H groups in total. The first-order chi connectivity index (χ1) is 10.7. The molecule has 0 aromatic carbocycles. The summed E-state index contributed by atoms with van der Waals surface area (Å²) in [5.41, 5.74) is 0. The molecule has 2 heteroatoms. The fraction of sp³-hybridized carbons (Fsp3) is 1.00.